The predicted molar refractivity (Wildman–Crippen MR) is 61.5 cm³/mol. The van der Waals surface area contributed by atoms with Gasteiger partial charge in [0.15, 0.2) is 0 Å². The van der Waals surface area contributed by atoms with Crippen LogP contribution in [-0.4, -0.2) is 6.54 Å². The topological polar surface area (TPSA) is 24.7 Å². The van der Waals surface area contributed by atoms with E-state index in [9.17, 15) is 0 Å². The molecule has 0 spiro atoms. The molecule has 0 amide bonds. The van der Waals surface area contributed by atoms with Crippen molar-refractivity contribution < 1.29 is 0 Å². The van der Waals surface area contributed by atoms with E-state index in [2.05, 4.69) is 49.0 Å². The normalized spacial score (nSPS) is 11.0. The Labute approximate surface area is 94.7 Å². The van der Waals surface area contributed by atoms with Crippen LogP contribution in [0.2, 0.25) is 0 Å². The zero-order chi connectivity index (χ0) is 9.68. The Balaban J connectivity index is 2.77. The molecule has 2 nitrogen and oxygen atoms in total. The molecule has 4 heteroatoms. The summed E-state index contributed by atoms with van der Waals surface area (Å²) in [5, 5.41) is 8.11. The molecule has 0 aliphatic rings. The summed E-state index contributed by atoms with van der Waals surface area (Å²) in [6.45, 7) is 2.86. The lowest BCUT2D eigenvalue weighted by Crippen LogP contribution is -1.72. The van der Waals surface area contributed by atoms with Gasteiger partial charge in [0, 0.05) is 8.95 Å². The van der Waals surface area contributed by atoms with Crippen LogP contribution in [0.4, 0.5) is 5.69 Å². The summed E-state index contributed by atoms with van der Waals surface area (Å²) in [7, 11) is 0. The Hall–Kier alpha value is -0.220. The van der Waals surface area contributed by atoms with Gasteiger partial charge in [-0.1, -0.05) is 38.8 Å². The zero-order valence-electron chi connectivity index (χ0n) is 7.30. The van der Waals surface area contributed by atoms with Gasteiger partial charge in [0.2, 0.25) is 0 Å². The Kier molecular flexibility index (Phi) is 4.59. The highest BCUT2D eigenvalue weighted by atomic mass is 79.9. The Bertz CT molecular complexity index is 290. The minimum Gasteiger partial charge on any atom is -0.189 e. The number of benzene rings is 1. The van der Waals surface area contributed by atoms with E-state index in [1.165, 1.54) is 0 Å². The van der Waals surface area contributed by atoms with Crippen LogP contribution in [-0.2, 0) is 0 Å². The third-order valence-corrected chi connectivity index (χ3v) is 2.27. The number of hydrogen-bond acceptors (Lipinski definition) is 2. The third kappa shape index (κ3) is 4.00. The van der Waals surface area contributed by atoms with E-state index in [1.54, 1.807) is 0 Å². The quantitative estimate of drug-likeness (QED) is 0.723. The molecule has 0 radical (unpaired) electrons. The van der Waals surface area contributed by atoms with Gasteiger partial charge < -0.3 is 0 Å². The Morgan fingerprint density at radius 2 is 1.77 bits per heavy atom. The molecular weight excluding hydrogens is 296 g/mol. The van der Waals surface area contributed by atoms with Crippen molar-refractivity contribution >= 4 is 37.5 Å². The predicted octanol–water partition coefficient (Wildman–Crippen LogP) is 4.71. The van der Waals surface area contributed by atoms with Crippen molar-refractivity contribution in [1.29, 1.82) is 0 Å². The molecule has 0 heterocycles. The first-order chi connectivity index (χ1) is 6.22. The van der Waals surface area contributed by atoms with E-state index in [1.807, 2.05) is 18.2 Å². The first kappa shape index (κ1) is 10.9. The molecule has 0 unspecified atom stereocenters. The average Bonchev–Trinajstić information content (AvgIpc) is 2.03. The molecule has 0 bridgehead atoms. The molecule has 0 aliphatic carbocycles. The van der Waals surface area contributed by atoms with Gasteiger partial charge in [-0.2, -0.15) is 10.2 Å². The third-order valence-electron chi connectivity index (χ3n) is 1.36. The maximum absolute atomic E-state index is 4.08. The standard InChI is InChI=1S/C9H10Br2N2/c1-2-3-12-13-9-5-7(10)4-8(11)6-9/h4-6H,2-3H2,1H3. The highest BCUT2D eigenvalue weighted by molar-refractivity contribution is 9.11. The van der Waals surface area contributed by atoms with Crippen LogP contribution in [0, 0.1) is 0 Å². The summed E-state index contributed by atoms with van der Waals surface area (Å²) in [5.41, 5.74) is 0.870. The molecule has 1 aromatic rings. The largest absolute Gasteiger partial charge is 0.189 e. The fourth-order valence-corrected chi connectivity index (χ4v) is 2.10. The molecule has 1 rings (SSSR count). The molecule has 0 aliphatic heterocycles. The van der Waals surface area contributed by atoms with Crippen molar-refractivity contribution in [2.24, 2.45) is 10.2 Å². The summed E-state index contributed by atoms with van der Waals surface area (Å²) in [6.07, 6.45) is 1.03. The molecule has 1 aromatic carbocycles. The molecule has 13 heavy (non-hydrogen) atoms. The first-order valence-corrected chi connectivity index (χ1v) is 5.64. The van der Waals surface area contributed by atoms with Crippen LogP contribution in [0.1, 0.15) is 13.3 Å². The minimum absolute atomic E-state index is 0.782. The van der Waals surface area contributed by atoms with Crippen LogP contribution in [0.3, 0.4) is 0 Å². The monoisotopic (exact) mass is 304 g/mol. The van der Waals surface area contributed by atoms with Gasteiger partial charge in [-0.05, 0) is 24.6 Å². The van der Waals surface area contributed by atoms with E-state index in [0.717, 1.165) is 27.6 Å². The van der Waals surface area contributed by atoms with Crippen LogP contribution < -0.4 is 0 Å². The minimum atomic E-state index is 0.782. The lowest BCUT2D eigenvalue weighted by atomic mass is 10.3. The summed E-state index contributed by atoms with van der Waals surface area (Å²) < 4.78 is 2.01. The number of hydrogen-bond donors (Lipinski definition) is 0. The van der Waals surface area contributed by atoms with Crippen molar-refractivity contribution in [3.8, 4) is 0 Å². The van der Waals surface area contributed by atoms with E-state index in [-0.39, 0.29) is 0 Å². The summed E-state index contributed by atoms with van der Waals surface area (Å²) in [5.74, 6) is 0. The summed E-state index contributed by atoms with van der Waals surface area (Å²) >= 11 is 6.78. The maximum Gasteiger partial charge on any atom is 0.0875 e. The van der Waals surface area contributed by atoms with Crippen molar-refractivity contribution in [3.05, 3.63) is 27.1 Å². The van der Waals surface area contributed by atoms with Crippen LogP contribution in [0.15, 0.2) is 37.4 Å². The van der Waals surface area contributed by atoms with Gasteiger partial charge in [-0.15, -0.1) is 0 Å². The van der Waals surface area contributed by atoms with Crippen molar-refractivity contribution in [3.63, 3.8) is 0 Å². The fourth-order valence-electron chi connectivity index (χ4n) is 0.829. The number of nitrogens with zero attached hydrogens (tertiary/aromatic N) is 2. The van der Waals surface area contributed by atoms with Gasteiger partial charge in [0.25, 0.3) is 0 Å². The first-order valence-electron chi connectivity index (χ1n) is 4.06. The molecule has 0 saturated heterocycles. The van der Waals surface area contributed by atoms with Gasteiger partial charge in [-0.3, -0.25) is 0 Å². The number of rotatable bonds is 3. The van der Waals surface area contributed by atoms with E-state index >= 15 is 0 Å². The maximum atomic E-state index is 4.08. The van der Waals surface area contributed by atoms with Crippen LogP contribution in [0.5, 0.6) is 0 Å². The van der Waals surface area contributed by atoms with Crippen molar-refractivity contribution in [2.45, 2.75) is 13.3 Å². The molecule has 0 N–H and O–H groups in total. The molecule has 70 valence electrons. The lowest BCUT2D eigenvalue weighted by molar-refractivity contribution is 0.876. The van der Waals surface area contributed by atoms with Gasteiger partial charge in [0.1, 0.15) is 0 Å². The fraction of sp³-hybridized carbons (Fsp3) is 0.333. The second-order valence-corrected chi connectivity index (χ2v) is 4.42. The lowest BCUT2D eigenvalue weighted by Gasteiger charge is -1.95. The van der Waals surface area contributed by atoms with E-state index in [4.69, 9.17) is 0 Å². The molecule has 0 saturated carbocycles. The zero-order valence-corrected chi connectivity index (χ0v) is 10.5. The van der Waals surface area contributed by atoms with Gasteiger partial charge in [0.05, 0.1) is 12.2 Å². The van der Waals surface area contributed by atoms with Gasteiger partial charge in [-0.25, -0.2) is 0 Å². The van der Waals surface area contributed by atoms with E-state index < -0.39 is 0 Å². The highest BCUT2D eigenvalue weighted by Gasteiger charge is 1.95. The highest BCUT2D eigenvalue weighted by Crippen LogP contribution is 2.25. The van der Waals surface area contributed by atoms with E-state index in [0.29, 0.717) is 0 Å². The second kappa shape index (κ2) is 5.50. The van der Waals surface area contributed by atoms with Crippen molar-refractivity contribution in [2.75, 3.05) is 6.54 Å². The van der Waals surface area contributed by atoms with Crippen LogP contribution >= 0.6 is 31.9 Å². The molecule has 0 aromatic heterocycles. The molecular formula is C9H10Br2N2. The molecule has 0 fully saturated rings. The van der Waals surface area contributed by atoms with Gasteiger partial charge >= 0.3 is 0 Å². The van der Waals surface area contributed by atoms with Crippen molar-refractivity contribution in [1.82, 2.24) is 0 Å². The SMILES string of the molecule is CCCN=Nc1cc(Br)cc(Br)c1. The number of azo groups is 1. The Morgan fingerprint density at radius 1 is 1.15 bits per heavy atom. The van der Waals surface area contributed by atoms with Crippen LogP contribution in [0.25, 0.3) is 0 Å². The Morgan fingerprint density at radius 3 is 2.31 bits per heavy atom. The summed E-state index contributed by atoms with van der Waals surface area (Å²) in [4.78, 5) is 0. The number of halogens is 2. The smallest absolute Gasteiger partial charge is 0.0875 e. The molecule has 0 atom stereocenters. The average molecular weight is 306 g/mol. The second-order valence-electron chi connectivity index (χ2n) is 2.59. The summed E-state index contributed by atoms with van der Waals surface area (Å²) in [6, 6.07) is 5.84.